The van der Waals surface area contributed by atoms with Crippen molar-refractivity contribution >= 4 is 16.9 Å². The minimum atomic E-state index is -0.157. The van der Waals surface area contributed by atoms with Crippen molar-refractivity contribution in [2.45, 2.75) is 0 Å². The van der Waals surface area contributed by atoms with Crippen molar-refractivity contribution in [1.82, 2.24) is 20.2 Å². The van der Waals surface area contributed by atoms with Crippen LogP contribution < -0.4 is 5.32 Å². The Labute approximate surface area is 123 Å². The maximum Gasteiger partial charge on any atom is 0.270 e. The van der Waals surface area contributed by atoms with Gasteiger partial charge in [-0.2, -0.15) is 0 Å². The first kappa shape index (κ1) is 13.9. The maximum atomic E-state index is 12.1. The predicted molar refractivity (Wildman–Crippen MR) is 79.1 cm³/mol. The average molecular weight is 286 g/mol. The van der Waals surface area contributed by atoms with Crippen molar-refractivity contribution in [2.24, 2.45) is 0 Å². The highest BCUT2D eigenvalue weighted by Gasteiger charge is 2.11. The van der Waals surface area contributed by atoms with Crippen LogP contribution in [-0.2, 0) is 4.74 Å². The van der Waals surface area contributed by atoms with Crippen molar-refractivity contribution in [3.05, 3.63) is 36.2 Å². The number of fused-ring (bicyclic) bond motifs is 1. The highest BCUT2D eigenvalue weighted by molar-refractivity contribution is 5.94. The highest BCUT2D eigenvalue weighted by atomic mass is 16.5. The van der Waals surface area contributed by atoms with Gasteiger partial charge in [0.2, 0.25) is 0 Å². The third-order valence-electron chi connectivity index (χ3n) is 3.51. The van der Waals surface area contributed by atoms with E-state index in [1.165, 1.54) is 0 Å². The topological polar surface area (TPSA) is 67.4 Å². The Morgan fingerprint density at radius 2 is 2.14 bits per heavy atom. The number of aromatic nitrogens is 2. The number of nitrogens with zero attached hydrogens (tertiary/aromatic N) is 3. The molecule has 1 N–H and O–H groups in total. The van der Waals surface area contributed by atoms with Crippen LogP contribution in [0.3, 0.4) is 0 Å². The molecule has 1 aliphatic heterocycles. The summed E-state index contributed by atoms with van der Waals surface area (Å²) in [7, 11) is 0. The van der Waals surface area contributed by atoms with E-state index in [0.29, 0.717) is 17.9 Å². The number of carbonyl (C=O) groups is 1. The summed E-state index contributed by atoms with van der Waals surface area (Å²) in [5.41, 5.74) is 1.00. The molecular formula is C15H18N4O2. The van der Waals surface area contributed by atoms with E-state index in [2.05, 4.69) is 20.2 Å². The third-order valence-corrected chi connectivity index (χ3v) is 3.51. The zero-order chi connectivity index (χ0) is 14.5. The van der Waals surface area contributed by atoms with Gasteiger partial charge < -0.3 is 10.1 Å². The van der Waals surface area contributed by atoms with Gasteiger partial charge in [0, 0.05) is 37.8 Å². The molecule has 1 saturated heterocycles. The molecule has 21 heavy (non-hydrogen) atoms. The lowest BCUT2D eigenvalue weighted by atomic mass is 10.2. The van der Waals surface area contributed by atoms with Gasteiger partial charge in [-0.05, 0) is 24.3 Å². The number of rotatable bonds is 4. The van der Waals surface area contributed by atoms with Crippen molar-refractivity contribution in [2.75, 3.05) is 39.4 Å². The standard InChI is InChI=1S/C15H18N4O2/c20-15(17-6-7-19-8-10-21-11-9-19)13-4-3-12-2-1-5-16-14(12)18-13/h1-5H,6-11H2,(H,17,20). The Morgan fingerprint density at radius 1 is 1.29 bits per heavy atom. The summed E-state index contributed by atoms with van der Waals surface area (Å²) in [6, 6.07) is 7.38. The van der Waals surface area contributed by atoms with E-state index in [1.807, 2.05) is 18.2 Å². The number of ether oxygens (including phenoxy) is 1. The molecule has 6 nitrogen and oxygen atoms in total. The molecule has 0 unspecified atom stereocenters. The van der Waals surface area contributed by atoms with Crippen molar-refractivity contribution in [3.63, 3.8) is 0 Å². The molecule has 0 aliphatic carbocycles. The number of morpholine rings is 1. The van der Waals surface area contributed by atoms with E-state index in [0.717, 1.165) is 38.2 Å². The van der Waals surface area contributed by atoms with Crippen LogP contribution in [0.4, 0.5) is 0 Å². The average Bonchev–Trinajstić information content (AvgIpc) is 2.55. The first-order chi connectivity index (χ1) is 10.3. The second-order valence-corrected chi connectivity index (χ2v) is 4.96. The molecule has 0 atom stereocenters. The maximum absolute atomic E-state index is 12.1. The molecule has 3 rings (SSSR count). The molecule has 0 aromatic carbocycles. The first-order valence-corrected chi connectivity index (χ1v) is 7.13. The van der Waals surface area contributed by atoms with Crippen LogP contribution in [0.5, 0.6) is 0 Å². The Kier molecular flexibility index (Phi) is 4.37. The number of hydrogen-bond donors (Lipinski definition) is 1. The van der Waals surface area contributed by atoms with Gasteiger partial charge in [-0.25, -0.2) is 9.97 Å². The Balaban J connectivity index is 1.56. The molecule has 1 aliphatic rings. The van der Waals surface area contributed by atoms with E-state index in [1.54, 1.807) is 12.3 Å². The van der Waals surface area contributed by atoms with Crippen LogP contribution in [-0.4, -0.2) is 60.2 Å². The fourth-order valence-corrected chi connectivity index (χ4v) is 2.32. The molecule has 2 aromatic heterocycles. The number of nitrogens with one attached hydrogen (secondary N) is 1. The van der Waals surface area contributed by atoms with Gasteiger partial charge >= 0.3 is 0 Å². The molecule has 6 heteroatoms. The summed E-state index contributed by atoms with van der Waals surface area (Å²) in [5.74, 6) is -0.157. The fraction of sp³-hybridized carbons (Fsp3) is 0.400. The Morgan fingerprint density at radius 3 is 3.00 bits per heavy atom. The molecule has 1 amide bonds. The van der Waals surface area contributed by atoms with Gasteiger partial charge in [-0.1, -0.05) is 0 Å². The zero-order valence-electron chi connectivity index (χ0n) is 11.8. The molecule has 0 radical (unpaired) electrons. The van der Waals surface area contributed by atoms with Crippen LogP contribution in [0, 0.1) is 0 Å². The number of pyridine rings is 2. The van der Waals surface area contributed by atoms with E-state index in [4.69, 9.17) is 4.74 Å². The van der Waals surface area contributed by atoms with Crippen molar-refractivity contribution in [1.29, 1.82) is 0 Å². The minimum Gasteiger partial charge on any atom is -0.379 e. The Bertz CT molecular complexity index is 626. The summed E-state index contributed by atoms with van der Waals surface area (Å²) in [5, 5.41) is 3.83. The normalized spacial score (nSPS) is 16.0. The predicted octanol–water partition coefficient (Wildman–Crippen LogP) is 0.692. The van der Waals surface area contributed by atoms with Gasteiger partial charge in [0.25, 0.3) is 5.91 Å². The lowest BCUT2D eigenvalue weighted by Gasteiger charge is -2.26. The molecule has 2 aromatic rings. The molecule has 1 fully saturated rings. The summed E-state index contributed by atoms with van der Waals surface area (Å²) >= 11 is 0. The van der Waals surface area contributed by atoms with Crippen molar-refractivity contribution < 1.29 is 9.53 Å². The van der Waals surface area contributed by atoms with Gasteiger partial charge in [-0.3, -0.25) is 9.69 Å². The van der Waals surface area contributed by atoms with Crippen LogP contribution in [0.2, 0.25) is 0 Å². The van der Waals surface area contributed by atoms with Gasteiger partial charge in [-0.15, -0.1) is 0 Å². The second kappa shape index (κ2) is 6.60. The Hall–Kier alpha value is -2.05. The molecule has 0 saturated carbocycles. The summed E-state index contributed by atoms with van der Waals surface area (Å²) < 4.78 is 5.29. The summed E-state index contributed by atoms with van der Waals surface area (Å²) in [6.45, 7) is 4.83. The molecule has 0 bridgehead atoms. The zero-order valence-corrected chi connectivity index (χ0v) is 11.8. The van der Waals surface area contributed by atoms with Crippen LogP contribution in [0.1, 0.15) is 10.5 Å². The third kappa shape index (κ3) is 3.53. The van der Waals surface area contributed by atoms with E-state index in [-0.39, 0.29) is 5.91 Å². The van der Waals surface area contributed by atoms with Gasteiger partial charge in [0.15, 0.2) is 5.65 Å². The molecule has 0 spiro atoms. The molecule has 110 valence electrons. The minimum absolute atomic E-state index is 0.157. The number of carbonyl (C=O) groups excluding carboxylic acids is 1. The number of amides is 1. The van der Waals surface area contributed by atoms with Crippen LogP contribution >= 0.6 is 0 Å². The largest absolute Gasteiger partial charge is 0.379 e. The second-order valence-electron chi connectivity index (χ2n) is 4.96. The fourth-order valence-electron chi connectivity index (χ4n) is 2.32. The van der Waals surface area contributed by atoms with Crippen molar-refractivity contribution in [3.8, 4) is 0 Å². The lowest BCUT2D eigenvalue weighted by Crippen LogP contribution is -2.41. The SMILES string of the molecule is O=C(NCCN1CCOCC1)c1ccc2cccnc2n1. The lowest BCUT2D eigenvalue weighted by molar-refractivity contribution is 0.0383. The first-order valence-electron chi connectivity index (χ1n) is 7.13. The number of hydrogen-bond acceptors (Lipinski definition) is 5. The molecule has 3 heterocycles. The van der Waals surface area contributed by atoms with Crippen LogP contribution in [0.15, 0.2) is 30.5 Å². The van der Waals surface area contributed by atoms with E-state index >= 15 is 0 Å². The van der Waals surface area contributed by atoms with Gasteiger partial charge in [0.05, 0.1) is 13.2 Å². The van der Waals surface area contributed by atoms with Gasteiger partial charge in [0.1, 0.15) is 5.69 Å². The monoisotopic (exact) mass is 286 g/mol. The highest BCUT2D eigenvalue weighted by Crippen LogP contribution is 2.08. The summed E-state index contributed by atoms with van der Waals surface area (Å²) in [6.07, 6.45) is 1.68. The van der Waals surface area contributed by atoms with Crippen LogP contribution in [0.25, 0.3) is 11.0 Å². The van der Waals surface area contributed by atoms with E-state index in [9.17, 15) is 4.79 Å². The van der Waals surface area contributed by atoms with E-state index < -0.39 is 0 Å². The quantitative estimate of drug-likeness (QED) is 0.896. The molecular weight excluding hydrogens is 268 g/mol. The summed E-state index contributed by atoms with van der Waals surface area (Å²) in [4.78, 5) is 22.8. The smallest absolute Gasteiger partial charge is 0.270 e.